The first-order chi connectivity index (χ1) is 41.0. The van der Waals surface area contributed by atoms with Crippen LogP contribution in [0.15, 0.2) is 60.8 Å². The van der Waals surface area contributed by atoms with Crippen LogP contribution in [0.3, 0.4) is 0 Å². The third kappa shape index (κ3) is 68.8. The van der Waals surface area contributed by atoms with Gasteiger partial charge in [-0.3, -0.25) is 18.6 Å². The maximum Gasteiger partial charge on any atom is 0.472 e. The summed E-state index contributed by atoms with van der Waals surface area (Å²) in [6.07, 6.45) is 86.2. The minimum atomic E-state index is -4.39. The highest BCUT2D eigenvalue weighted by Gasteiger charge is 2.27. The molecule has 0 amide bonds. The zero-order valence-electron chi connectivity index (χ0n) is 56.1. The Balaban J connectivity index is 3.98. The van der Waals surface area contributed by atoms with Crippen LogP contribution in [0.1, 0.15) is 348 Å². The predicted octanol–water partition coefficient (Wildman–Crippen LogP) is 23.4. The van der Waals surface area contributed by atoms with Crippen molar-refractivity contribution in [2.24, 2.45) is 0 Å². The van der Waals surface area contributed by atoms with Gasteiger partial charge in [0.1, 0.15) is 19.8 Å². The van der Waals surface area contributed by atoms with Gasteiger partial charge in [0, 0.05) is 12.8 Å². The topological polar surface area (TPSA) is 108 Å². The van der Waals surface area contributed by atoms with Gasteiger partial charge in [-0.2, -0.15) is 0 Å². The number of hydrogen-bond acceptors (Lipinski definition) is 7. The van der Waals surface area contributed by atoms with E-state index in [4.69, 9.17) is 18.5 Å². The lowest BCUT2D eigenvalue weighted by atomic mass is 10.0. The fraction of sp³-hybridized carbons (Fsp3) is 0.838. The van der Waals surface area contributed by atoms with Crippen molar-refractivity contribution in [3.8, 4) is 0 Å². The third-order valence-electron chi connectivity index (χ3n) is 16.0. The number of phosphoric acid groups is 1. The first kappa shape index (κ1) is 81.7. The summed E-state index contributed by atoms with van der Waals surface area (Å²) >= 11 is 0. The molecule has 0 aromatic rings. The summed E-state index contributed by atoms with van der Waals surface area (Å²) in [5.41, 5.74) is 0. The molecule has 0 heterocycles. The highest BCUT2D eigenvalue weighted by atomic mass is 31.2. The van der Waals surface area contributed by atoms with E-state index in [1.807, 2.05) is 21.1 Å². The Kier molecular flexibility index (Phi) is 63.4. The number of quaternary nitrogens is 1. The summed E-state index contributed by atoms with van der Waals surface area (Å²) in [7, 11) is 1.49. The molecular formula is C74H139NO8P+. The summed E-state index contributed by atoms with van der Waals surface area (Å²) < 4.78 is 34.7. The summed E-state index contributed by atoms with van der Waals surface area (Å²) in [5, 5.41) is 0. The molecule has 0 aromatic carbocycles. The Bertz CT molecular complexity index is 1600. The number of likely N-dealkylation sites (N-methyl/N-ethyl adjacent to an activating group) is 1. The minimum Gasteiger partial charge on any atom is -0.462 e. The number of unbranched alkanes of at least 4 members (excludes halogenated alkanes) is 43. The molecule has 0 rings (SSSR count). The molecule has 0 aromatic heterocycles. The molecule has 0 aliphatic heterocycles. The fourth-order valence-electron chi connectivity index (χ4n) is 10.5. The standard InChI is InChI=1S/C74H138NO8P/c1-6-8-10-12-14-16-18-20-22-24-26-28-30-32-33-34-35-36-37-38-39-40-41-43-44-46-48-50-52-54-56-58-60-62-64-66-73(76)80-70-72(71-82-84(78,79)81-69-68-75(3,4)5)83-74(77)67-65-63-61-59-57-55-53-51-49-47-45-42-31-29-27-25-23-21-19-17-15-13-11-9-7-2/h18-21,24-27,31,42,72H,6-17,22-23,28-30,32-41,43-71H2,1-5H3/p+1/b20-18-,21-19-,26-24-,27-25-,42-31-. The third-order valence-corrected chi connectivity index (χ3v) is 17.0. The van der Waals surface area contributed by atoms with E-state index in [0.717, 1.165) is 57.8 Å². The lowest BCUT2D eigenvalue weighted by Gasteiger charge is -2.24. The van der Waals surface area contributed by atoms with Gasteiger partial charge in [-0.05, 0) is 83.5 Å². The van der Waals surface area contributed by atoms with Crippen molar-refractivity contribution >= 4 is 19.8 Å². The summed E-state index contributed by atoms with van der Waals surface area (Å²) in [5.74, 6) is -0.787. The van der Waals surface area contributed by atoms with E-state index in [1.54, 1.807) is 0 Å². The number of hydrogen-bond donors (Lipinski definition) is 1. The van der Waals surface area contributed by atoms with Crippen molar-refractivity contribution in [1.82, 2.24) is 0 Å². The molecule has 84 heavy (non-hydrogen) atoms. The van der Waals surface area contributed by atoms with Crippen LogP contribution in [0.4, 0.5) is 0 Å². The van der Waals surface area contributed by atoms with E-state index in [-0.39, 0.29) is 25.6 Å². The van der Waals surface area contributed by atoms with Gasteiger partial charge in [-0.25, -0.2) is 4.57 Å². The summed E-state index contributed by atoms with van der Waals surface area (Å²) in [6, 6.07) is 0. The van der Waals surface area contributed by atoms with Gasteiger partial charge >= 0.3 is 19.8 Å². The van der Waals surface area contributed by atoms with Crippen LogP contribution >= 0.6 is 7.82 Å². The largest absolute Gasteiger partial charge is 0.472 e. The molecule has 492 valence electrons. The number of phosphoric ester groups is 1. The van der Waals surface area contributed by atoms with Crippen molar-refractivity contribution < 1.29 is 42.1 Å². The Morgan fingerprint density at radius 3 is 0.952 bits per heavy atom. The van der Waals surface area contributed by atoms with Crippen molar-refractivity contribution in [2.45, 2.75) is 354 Å². The second-order valence-corrected chi connectivity index (χ2v) is 27.1. The SMILES string of the molecule is CCCCCCC/C=C\C/C=C\C/C=C\CCCCCCCCCCCCC(=O)OC(COC(=O)CCCCCCCCCCCCCCCCCCCCCCCCC/C=C\C/C=C\CCCCCCC)COP(=O)(O)OCC[N+](C)(C)C. The fourth-order valence-corrected chi connectivity index (χ4v) is 11.2. The average Bonchev–Trinajstić information content (AvgIpc) is 3.60. The second-order valence-electron chi connectivity index (χ2n) is 25.6. The van der Waals surface area contributed by atoms with Crippen LogP contribution in [0.25, 0.3) is 0 Å². The Hall–Kier alpha value is -2.29. The van der Waals surface area contributed by atoms with E-state index in [9.17, 15) is 19.0 Å². The highest BCUT2D eigenvalue weighted by molar-refractivity contribution is 7.47. The normalized spacial score (nSPS) is 13.5. The van der Waals surface area contributed by atoms with Gasteiger partial charge < -0.3 is 18.9 Å². The van der Waals surface area contributed by atoms with Gasteiger partial charge in [0.2, 0.25) is 0 Å². The first-order valence-corrected chi connectivity index (χ1v) is 37.5. The molecule has 2 atom stereocenters. The van der Waals surface area contributed by atoms with Gasteiger partial charge in [0.25, 0.3) is 0 Å². The maximum absolute atomic E-state index is 12.9. The monoisotopic (exact) mass is 1200 g/mol. The van der Waals surface area contributed by atoms with Crippen LogP contribution in [0.2, 0.25) is 0 Å². The zero-order valence-corrected chi connectivity index (χ0v) is 57.0. The van der Waals surface area contributed by atoms with E-state index < -0.39 is 26.5 Å². The first-order valence-electron chi connectivity index (χ1n) is 36.0. The molecular weight excluding hydrogens is 1060 g/mol. The molecule has 0 saturated carbocycles. The molecule has 0 aliphatic carbocycles. The smallest absolute Gasteiger partial charge is 0.462 e. The van der Waals surface area contributed by atoms with Gasteiger partial charge in [0.15, 0.2) is 6.10 Å². The summed E-state index contributed by atoms with van der Waals surface area (Å²) in [4.78, 5) is 35.9. The molecule has 1 N–H and O–H groups in total. The van der Waals surface area contributed by atoms with Crippen molar-refractivity contribution in [1.29, 1.82) is 0 Å². The van der Waals surface area contributed by atoms with E-state index >= 15 is 0 Å². The highest BCUT2D eigenvalue weighted by Crippen LogP contribution is 2.43. The lowest BCUT2D eigenvalue weighted by Crippen LogP contribution is -2.37. The zero-order chi connectivity index (χ0) is 61.2. The minimum absolute atomic E-state index is 0.0311. The van der Waals surface area contributed by atoms with E-state index in [1.165, 1.54) is 257 Å². The van der Waals surface area contributed by atoms with Crippen LogP contribution < -0.4 is 0 Å². The number of carbonyl (C=O) groups is 2. The molecule has 10 heteroatoms. The molecule has 0 radical (unpaired) electrons. The second kappa shape index (κ2) is 65.2. The van der Waals surface area contributed by atoms with Crippen LogP contribution in [-0.4, -0.2) is 74.9 Å². The molecule has 0 fully saturated rings. The number of esters is 2. The molecule has 0 spiro atoms. The van der Waals surface area contributed by atoms with Crippen LogP contribution in [-0.2, 0) is 32.7 Å². The quantitative estimate of drug-likeness (QED) is 0.0211. The number of ether oxygens (including phenoxy) is 2. The Morgan fingerprint density at radius 2 is 0.643 bits per heavy atom. The average molecular weight is 1200 g/mol. The summed E-state index contributed by atoms with van der Waals surface area (Å²) in [6.45, 7) is 4.46. The lowest BCUT2D eigenvalue weighted by molar-refractivity contribution is -0.870. The number of nitrogens with zero attached hydrogens (tertiary/aromatic N) is 1. The Labute approximate surface area is 521 Å². The molecule has 0 saturated heterocycles. The molecule has 0 aliphatic rings. The van der Waals surface area contributed by atoms with E-state index in [2.05, 4.69) is 74.6 Å². The number of rotatable bonds is 67. The predicted molar refractivity (Wildman–Crippen MR) is 363 cm³/mol. The molecule has 0 bridgehead atoms. The van der Waals surface area contributed by atoms with Crippen molar-refractivity contribution in [3.05, 3.63) is 60.8 Å². The molecule has 2 unspecified atom stereocenters. The van der Waals surface area contributed by atoms with Crippen molar-refractivity contribution in [2.75, 3.05) is 47.5 Å². The van der Waals surface area contributed by atoms with Gasteiger partial charge in [-0.15, -0.1) is 0 Å². The van der Waals surface area contributed by atoms with Crippen LogP contribution in [0.5, 0.6) is 0 Å². The molecule has 9 nitrogen and oxygen atoms in total. The number of allylic oxidation sites excluding steroid dienone is 10. The van der Waals surface area contributed by atoms with Gasteiger partial charge in [0.05, 0.1) is 27.7 Å². The van der Waals surface area contributed by atoms with Gasteiger partial charge in [-0.1, -0.05) is 312 Å². The number of carbonyl (C=O) groups excluding carboxylic acids is 2. The van der Waals surface area contributed by atoms with Crippen LogP contribution in [0, 0.1) is 0 Å². The Morgan fingerprint density at radius 1 is 0.369 bits per heavy atom. The maximum atomic E-state index is 12.9. The van der Waals surface area contributed by atoms with E-state index in [0.29, 0.717) is 23.9 Å². The van der Waals surface area contributed by atoms with Crippen molar-refractivity contribution in [3.63, 3.8) is 0 Å².